The molecule has 0 unspecified atom stereocenters. The summed E-state index contributed by atoms with van der Waals surface area (Å²) < 4.78 is 6.48. The minimum absolute atomic E-state index is 0.188. The number of hydrogen-bond donors (Lipinski definition) is 0. The molecule has 1 nitrogen and oxygen atoms in total. The van der Waals surface area contributed by atoms with Crippen molar-refractivity contribution >= 4 is 15.9 Å². The summed E-state index contributed by atoms with van der Waals surface area (Å²) in [5.41, 5.74) is 1.58. The van der Waals surface area contributed by atoms with Gasteiger partial charge in [-0.1, -0.05) is 28.1 Å². The summed E-state index contributed by atoms with van der Waals surface area (Å²) in [5, 5.41) is 0. The van der Waals surface area contributed by atoms with Gasteiger partial charge in [0.15, 0.2) is 0 Å². The van der Waals surface area contributed by atoms with Gasteiger partial charge in [-0.15, -0.1) is 0 Å². The quantitative estimate of drug-likeness (QED) is 0.740. The summed E-state index contributed by atoms with van der Waals surface area (Å²) in [6.07, 6.45) is 2.25. The van der Waals surface area contributed by atoms with Gasteiger partial charge in [-0.25, -0.2) is 0 Å². The van der Waals surface area contributed by atoms with Crippen LogP contribution in [0.5, 0.6) is 0 Å². The van der Waals surface area contributed by atoms with Gasteiger partial charge in [-0.05, 0) is 37.5 Å². The minimum atomic E-state index is 0.188. The topological polar surface area (TPSA) is 12.5 Å². The van der Waals surface area contributed by atoms with Gasteiger partial charge in [0, 0.05) is 4.47 Å². The number of epoxide rings is 1. The molecule has 0 N–H and O–H groups in total. The van der Waals surface area contributed by atoms with Crippen molar-refractivity contribution in [2.24, 2.45) is 0 Å². The molecule has 0 aromatic heterocycles. The number of halogens is 1. The lowest BCUT2D eigenvalue weighted by Crippen LogP contribution is -2.05. The first-order valence-electron chi connectivity index (χ1n) is 4.56. The van der Waals surface area contributed by atoms with Crippen LogP contribution in [0.2, 0.25) is 0 Å². The fraction of sp³-hybridized carbons (Fsp3) is 0.455. The molecule has 0 radical (unpaired) electrons. The van der Waals surface area contributed by atoms with Crippen LogP contribution < -0.4 is 0 Å². The van der Waals surface area contributed by atoms with Crippen LogP contribution in [-0.4, -0.2) is 12.2 Å². The highest BCUT2D eigenvalue weighted by Crippen LogP contribution is 2.31. The van der Waals surface area contributed by atoms with Gasteiger partial charge < -0.3 is 4.74 Å². The monoisotopic (exact) mass is 240 g/mol. The van der Waals surface area contributed by atoms with Crippen molar-refractivity contribution in [3.63, 3.8) is 0 Å². The summed E-state index contributed by atoms with van der Waals surface area (Å²) in [6, 6.07) is 8.50. The molecule has 2 heteroatoms. The summed E-state index contributed by atoms with van der Waals surface area (Å²) in [4.78, 5) is 0. The van der Waals surface area contributed by atoms with Crippen molar-refractivity contribution in [3.8, 4) is 0 Å². The van der Waals surface area contributed by atoms with Crippen molar-refractivity contribution in [1.82, 2.24) is 0 Å². The Bertz CT molecular complexity index is 287. The first-order valence-corrected chi connectivity index (χ1v) is 5.36. The van der Waals surface area contributed by atoms with Crippen molar-refractivity contribution < 1.29 is 4.74 Å². The summed E-state index contributed by atoms with van der Waals surface area (Å²) in [7, 11) is 0. The molecule has 1 aliphatic rings. The van der Waals surface area contributed by atoms with Gasteiger partial charge in [0.05, 0.1) is 12.2 Å². The molecular weight excluding hydrogens is 228 g/mol. The van der Waals surface area contributed by atoms with Crippen LogP contribution in [0.25, 0.3) is 0 Å². The predicted molar refractivity (Wildman–Crippen MR) is 56.8 cm³/mol. The highest BCUT2D eigenvalue weighted by atomic mass is 79.9. The zero-order valence-electron chi connectivity index (χ0n) is 7.72. The molecule has 0 spiro atoms. The van der Waals surface area contributed by atoms with Crippen LogP contribution in [0.4, 0.5) is 0 Å². The summed E-state index contributed by atoms with van der Waals surface area (Å²) in [5.74, 6) is 0. The van der Waals surface area contributed by atoms with E-state index in [1.807, 2.05) is 0 Å². The lowest BCUT2D eigenvalue weighted by Gasteiger charge is -2.04. The fourth-order valence-corrected chi connectivity index (χ4v) is 1.59. The molecule has 0 amide bonds. The molecule has 13 heavy (non-hydrogen) atoms. The summed E-state index contributed by atoms with van der Waals surface area (Å²) >= 11 is 3.42. The number of benzene rings is 1. The number of hydrogen-bond acceptors (Lipinski definition) is 1. The number of rotatable bonds is 3. The molecule has 1 aliphatic heterocycles. The van der Waals surface area contributed by atoms with Gasteiger partial charge in [0.25, 0.3) is 0 Å². The molecule has 1 aromatic rings. The lowest BCUT2D eigenvalue weighted by molar-refractivity contribution is 0.309. The average molecular weight is 241 g/mol. The smallest absolute Gasteiger partial charge is 0.0891 e. The van der Waals surface area contributed by atoms with Gasteiger partial charge >= 0.3 is 0 Å². The van der Waals surface area contributed by atoms with E-state index in [-0.39, 0.29) is 5.60 Å². The van der Waals surface area contributed by atoms with Gasteiger partial charge in [0.1, 0.15) is 0 Å². The van der Waals surface area contributed by atoms with Crippen LogP contribution >= 0.6 is 15.9 Å². The highest BCUT2D eigenvalue weighted by Gasteiger charge is 2.38. The Morgan fingerprint density at radius 1 is 1.38 bits per heavy atom. The Morgan fingerprint density at radius 3 is 2.54 bits per heavy atom. The van der Waals surface area contributed by atoms with E-state index in [4.69, 9.17) is 4.74 Å². The molecular formula is C11H13BrO. The van der Waals surface area contributed by atoms with Crippen LogP contribution in [0.3, 0.4) is 0 Å². The first-order chi connectivity index (χ1) is 6.18. The van der Waals surface area contributed by atoms with E-state index in [1.54, 1.807) is 0 Å². The minimum Gasteiger partial charge on any atom is -0.370 e. The zero-order chi connectivity index (χ0) is 9.31. The Kier molecular flexibility index (Phi) is 2.43. The molecule has 70 valence electrons. The van der Waals surface area contributed by atoms with Crippen molar-refractivity contribution in [3.05, 3.63) is 34.3 Å². The normalized spacial score (nSPS) is 26.0. The highest BCUT2D eigenvalue weighted by molar-refractivity contribution is 9.10. The second-order valence-corrected chi connectivity index (χ2v) is 4.78. The van der Waals surface area contributed by atoms with Gasteiger partial charge in [-0.2, -0.15) is 0 Å². The van der Waals surface area contributed by atoms with Crippen molar-refractivity contribution in [2.75, 3.05) is 6.61 Å². The van der Waals surface area contributed by atoms with E-state index in [9.17, 15) is 0 Å². The van der Waals surface area contributed by atoms with E-state index in [1.165, 1.54) is 5.56 Å². The summed E-state index contributed by atoms with van der Waals surface area (Å²) in [6.45, 7) is 3.11. The Morgan fingerprint density at radius 2 is 2.00 bits per heavy atom. The van der Waals surface area contributed by atoms with E-state index < -0.39 is 0 Å². The molecule has 1 atom stereocenters. The van der Waals surface area contributed by atoms with E-state index in [0.717, 1.165) is 23.9 Å². The first kappa shape index (κ1) is 9.22. The average Bonchev–Trinajstić information content (AvgIpc) is 2.84. The fourth-order valence-electron chi connectivity index (χ4n) is 1.33. The standard InChI is InChI=1S/C11H13BrO/c1-11(8-13-11)7-6-9-2-4-10(12)5-3-9/h2-5H,6-8H2,1H3/t11-/m1/s1. The molecule has 2 rings (SSSR count). The third-order valence-corrected chi connectivity index (χ3v) is 3.02. The predicted octanol–water partition coefficient (Wildman–Crippen LogP) is 3.17. The molecule has 1 aromatic carbocycles. The van der Waals surface area contributed by atoms with Crippen LogP contribution in [0.15, 0.2) is 28.7 Å². The van der Waals surface area contributed by atoms with Gasteiger partial charge in [-0.3, -0.25) is 0 Å². The Hall–Kier alpha value is -0.340. The van der Waals surface area contributed by atoms with Crippen LogP contribution in [0.1, 0.15) is 18.9 Å². The van der Waals surface area contributed by atoms with E-state index in [2.05, 4.69) is 47.1 Å². The third kappa shape index (κ3) is 2.55. The van der Waals surface area contributed by atoms with E-state index in [0.29, 0.717) is 0 Å². The SMILES string of the molecule is C[C@@]1(CCc2ccc(Br)cc2)CO1. The van der Waals surface area contributed by atoms with Gasteiger partial charge in [0.2, 0.25) is 0 Å². The largest absolute Gasteiger partial charge is 0.370 e. The van der Waals surface area contributed by atoms with Crippen molar-refractivity contribution in [1.29, 1.82) is 0 Å². The number of ether oxygens (including phenoxy) is 1. The maximum Gasteiger partial charge on any atom is 0.0891 e. The number of aryl methyl sites for hydroxylation is 1. The molecule has 1 heterocycles. The molecule has 1 fully saturated rings. The molecule has 1 saturated heterocycles. The maximum atomic E-state index is 5.33. The van der Waals surface area contributed by atoms with Crippen molar-refractivity contribution in [2.45, 2.75) is 25.4 Å². The second kappa shape index (κ2) is 3.43. The Labute approximate surface area is 87.2 Å². The Balaban J connectivity index is 1.91. The third-order valence-electron chi connectivity index (χ3n) is 2.49. The molecule has 0 aliphatic carbocycles. The van der Waals surface area contributed by atoms with Crippen LogP contribution in [0, 0.1) is 0 Å². The molecule has 0 bridgehead atoms. The lowest BCUT2D eigenvalue weighted by atomic mass is 10.0. The van der Waals surface area contributed by atoms with E-state index >= 15 is 0 Å². The van der Waals surface area contributed by atoms with Crippen LogP contribution in [-0.2, 0) is 11.2 Å². The second-order valence-electron chi connectivity index (χ2n) is 3.87. The maximum absolute atomic E-state index is 5.33. The zero-order valence-corrected chi connectivity index (χ0v) is 9.30. The molecule has 0 saturated carbocycles.